The molecule has 42 heavy (non-hydrogen) atoms. The topological polar surface area (TPSA) is 203 Å². The summed E-state index contributed by atoms with van der Waals surface area (Å²) in [4.78, 5) is 55.0. The third-order valence-corrected chi connectivity index (χ3v) is 8.41. The minimum Gasteiger partial charge on any atom is -0.510 e. The predicted octanol–water partition coefficient (Wildman–Crippen LogP) is 1.21. The zero-order valence-electron chi connectivity index (χ0n) is 24.4. The van der Waals surface area contributed by atoms with Gasteiger partial charge < -0.3 is 41.1 Å². The fourth-order valence-corrected chi connectivity index (χ4v) is 6.41. The van der Waals surface area contributed by atoms with Gasteiger partial charge in [0, 0.05) is 43.4 Å². The summed E-state index contributed by atoms with van der Waals surface area (Å²) in [7, 11) is 6.66. The number of phenolic OH excluding ortho intramolecular Hbond substituents is 1. The summed E-state index contributed by atoms with van der Waals surface area (Å²) in [6.45, 7) is 2.03. The average molecular weight is 587 g/mol. The number of hydrogen-bond acceptors (Lipinski definition) is 11. The lowest BCUT2D eigenvalue weighted by molar-refractivity contribution is -0.148. The molecular weight excluding hydrogens is 548 g/mol. The first-order valence-corrected chi connectivity index (χ1v) is 13.8. The number of anilines is 1. The van der Waals surface area contributed by atoms with Crippen LogP contribution in [-0.4, -0.2) is 95.3 Å². The second-order valence-electron chi connectivity index (χ2n) is 11.5. The molecule has 228 valence electrons. The first-order valence-electron chi connectivity index (χ1n) is 13.8. The van der Waals surface area contributed by atoms with E-state index in [1.165, 1.54) is 4.90 Å². The molecule has 0 spiro atoms. The van der Waals surface area contributed by atoms with Gasteiger partial charge in [-0.1, -0.05) is 13.3 Å². The Morgan fingerprint density at radius 2 is 1.83 bits per heavy atom. The van der Waals surface area contributed by atoms with Crippen LogP contribution in [0.25, 0.3) is 0 Å². The van der Waals surface area contributed by atoms with Gasteiger partial charge in [-0.15, -0.1) is 0 Å². The smallest absolute Gasteiger partial charge is 0.407 e. The number of fused-ring (bicyclic) bond motifs is 3. The van der Waals surface area contributed by atoms with Crippen molar-refractivity contribution in [3.05, 3.63) is 45.4 Å². The lowest BCUT2D eigenvalue weighted by atomic mass is 9.58. The molecule has 3 aliphatic rings. The van der Waals surface area contributed by atoms with Gasteiger partial charge in [-0.2, -0.15) is 0 Å². The standard InChI is InChI=1S/C29H38N4O9/c1-6-7-8-42-28(40)31-12-14-11-17(32(2)3)15-9-13-10-16-21(33(4)5)24(36)20(27(30)39)26(38)29(16,41)25(37)18(13)23(35)19(15)22(14)34/h11,13,16,21,34,36-37,41H,6-10,12H2,1-5H3,(H2,30,39)(H,31,40)/t13-,16-,21-,29-/m1/s1. The third-order valence-electron chi connectivity index (χ3n) is 8.41. The number of phenols is 1. The Kier molecular flexibility index (Phi) is 8.29. The Morgan fingerprint density at radius 1 is 1.17 bits per heavy atom. The number of ether oxygens (including phenoxy) is 1. The van der Waals surface area contributed by atoms with Crippen LogP contribution in [0.15, 0.2) is 28.7 Å². The molecule has 1 aromatic rings. The molecule has 0 bridgehead atoms. The van der Waals surface area contributed by atoms with Crippen LogP contribution in [0.5, 0.6) is 5.75 Å². The number of aromatic hydroxyl groups is 1. The maximum Gasteiger partial charge on any atom is 0.407 e. The monoisotopic (exact) mass is 586 g/mol. The van der Waals surface area contributed by atoms with Crippen molar-refractivity contribution in [3.8, 4) is 5.75 Å². The van der Waals surface area contributed by atoms with Gasteiger partial charge in [0.2, 0.25) is 5.78 Å². The van der Waals surface area contributed by atoms with E-state index in [9.17, 15) is 39.6 Å². The second-order valence-corrected chi connectivity index (χ2v) is 11.5. The number of amides is 2. The zero-order chi connectivity index (χ0) is 31.3. The quantitative estimate of drug-likeness (QED) is 0.189. The van der Waals surface area contributed by atoms with E-state index in [0.717, 1.165) is 6.42 Å². The molecule has 13 nitrogen and oxygen atoms in total. The molecule has 1 aromatic carbocycles. The van der Waals surface area contributed by atoms with Gasteiger partial charge in [-0.25, -0.2) is 4.79 Å². The summed E-state index contributed by atoms with van der Waals surface area (Å²) >= 11 is 0. The van der Waals surface area contributed by atoms with E-state index < -0.39 is 69.9 Å². The van der Waals surface area contributed by atoms with Gasteiger partial charge in [0.15, 0.2) is 11.4 Å². The number of allylic oxidation sites excluding steroid dienone is 1. The first-order chi connectivity index (χ1) is 19.7. The number of nitrogens with one attached hydrogen (secondary N) is 1. The van der Waals surface area contributed by atoms with Crippen LogP contribution in [0, 0.1) is 11.8 Å². The van der Waals surface area contributed by atoms with Gasteiger partial charge in [0.05, 0.1) is 18.2 Å². The van der Waals surface area contributed by atoms with Crippen molar-refractivity contribution in [1.29, 1.82) is 0 Å². The highest BCUT2D eigenvalue weighted by Gasteiger charge is 2.63. The number of aliphatic hydroxyl groups excluding tert-OH is 2. The average Bonchev–Trinajstić information content (AvgIpc) is 2.89. The number of carbonyl (C=O) groups is 4. The number of benzene rings is 1. The van der Waals surface area contributed by atoms with E-state index >= 15 is 0 Å². The van der Waals surface area contributed by atoms with Crippen molar-refractivity contribution in [2.75, 3.05) is 39.7 Å². The van der Waals surface area contributed by atoms with Crippen LogP contribution < -0.4 is 16.0 Å². The number of aliphatic hydroxyl groups is 3. The van der Waals surface area contributed by atoms with Crippen LogP contribution in [0.4, 0.5) is 10.5 Å². The summed E-state index contributed by atoms with van der Waals surface area (Å²) in [5.41, 5.74) is 2.72. The summed E-state index contributed by atoms with van der Waals surface area (Å²) in [5, 5.41) is 47.9. The summed E-state index contributed by atoms with van der Waals surface area (Å²) in [6, 6.07) is 0.588. The Morgan fingerprint density at radius 3 is 2.40 bits per heavy atom. The number of nitrogens with two attached hydrogens (primary N) is 1. The molecule has 3 aliphatic carbocycles. The molecule has 0 fully saturated rings. The number of nitrogens with zero attached hydrogens (tertiary/aromatic N) is 2. The predicted molar refractivity (Wildman–Crippen MR) is 151 cm³/mol. The SMILES string of the molecule is CCCCOC(=O)NCc1cc(N(C)C)c2c(c1O)C(=O)C1=C(O)[C@@]3(O)C(=O)C(C(N)=O)=C(O)[C@H](N(C)C)[C@H]3C[C@H]1C2. The maximum absolute atomic E-state index is 14.0. The number of rotatable bonds is 8. The number of likely N-dealkylation sites (N-methyl/N-ethyl adjacent to an activating group) is 1. The first kappa shape index (κ1) is 30.8. The van der Waals surface area contributed by atoms with Crippen molar-refractivity contribution in [1.82, 2.24) is 10.2 Å². The molecular formula is C29H38N4O9. The van der Waals surface area contributed by atoms with E-state index in [2.05, 4.69) is 5.32 Å². The molecule has 0 aliphatic heterocycles. The van der Waals surface area contributed by atoms with Crippen molar-refractivity contribution < 1.29 is 44.3 Å². The molecule has 2 amide bonds. The van der Waals surface area contributed by atoms with Gasteiger partial charge in [-0.05, 0) is 50.9 Å². The van der Waals surface area contributed by atoms with Crippen LogP contribution in [-0.2, 0) is 27.3 Å². The molecule has 0 saturated heterocycles. The summed E-state index contributed by atoms with van der Waals surface area (Å²) in [6.07, 6.45) is 0.995. The van der Waals surface area contributed by atoms with Crippen molar-refractivity contribution >= 4 is 29.3 Å². The van der Waals surface area contributed by atoms with E-state index in [4.69, 9.17) is 10.5 Å². The van der Waals surface area contributed by atoms with Crippen molar-refractivity contribution in [2.24, 2.45) is 17.6 Å². The number of Topliss-reactive ketones (excluding diaryl/α,β-unsaturated/α-hetero) is 2. The molecule has 0 aromatic heterocycles. The second kappa shape index (κ2) is 11.3. The normalized spacial score (nSPS) is 25.2. The van der Waals surface area contributed by atoms with E-state index in [1.54, 1.807) is 39.2 Å². The van der Waals surface area contributed by atoms with Crippen LogP contribution in [0.1, 0.15) is 47.7 Å². The third kappa shape index (κ3) is 4.75. The van der Waals surface area contributed by atoms with Crippen LogP contribution in [0.2, 0.25) is 0 Å². The maximum atomic E-state index is 14.0. The van der Waals surface area contributed by atoms with E-state index in [1.807, 2.05) is 6.92 Å². The molecule has 4 atom stereocenters. The van der Waals surface area contributed by atoms with Gasteiger partial charge in [-0.3, -0.25) is 19.3 Å². The Bertz CT molecular complexity index is 1410. The minimum absolute atomic E-state index is 0.00764. The fourth-order valence-electron chi connectivity index (χ4n) is 6.41. The summed E-state index contributed by atoms with van der Waals surface area (Å²) < 4.78 is 5.10. The van der Waals surface area contributed by atoms with Crippen LogP contribution in [0.3, 0.4) is 0 Å². The van der Waals surface area contributed by atoms with Gasteiger partial charge in [0.25, 0.3) is 5.91 Å². The molecule has 0 saturated carbocycles. The van der Waals surface area contributed by atoms with Gasteiger partial charge in [0.1, 0.15) is 22.8 Å². The molecule has 7 N–H and O–H groups in total. The molecule has 0 unspecified atom stereocenters. The highest BCUT2D eigenvalue weighted by molar-refractivity contribution is 6.25. The summed E-state index contributed by atoms with van der Waals surface area (Å²) in [5.74, 6) is -7.15. The number of alkyl carbamates (subject to hydrolysis) is 1. The van der Waals surface area contributed by atoms with Crippen molar-refractivity contribution in [3.63, 3.8) is 0 Å². The number of carbonyl (C=O) groups excluding carboxylic acids is 4. The lowest BCUT2D eigenvalue weighted by Crippen LogP contribution is -2.63. The molecule has 13 heteroatoms. The Labute approximate surface area is 243 Å². The highest BCUT2D eigenvalue weighted by atomic mass is 16.5. The molecule has 0 heterocycles. The van der Waals surface area contributed by atoms with Crippen molar-refractivity contribution in [2.45, 2.75) is 50.8 Å². The zero-order valence-corrected chi connectivity index (χ0v) is 24.4. The van der Waals surface area contributed by atoms with Gasteiger partial charge >= 0.3 is 6.09 Å². The number of ketones is 2. The number of unbranched alkanes of at least 4 members (excludes halogenated alkanes) is 1. The number of hydrogen-bond donors (Lipinski definition) is 6. The fraction of sp³-hybridized carbons (Fsp3) is 0.517. The Balaban J connectivity index is 1.83. The Hall–Kier alpha value is -4.10. The number of primary amides is 1. The van der Waals surface area contributed by atoms with E-state index in [0.29, 0.717) is 17.7 Å². The highest BCUT2D eigenvalue weighted by Crippen LogP contribution is 2.53. The van der Waals surface area contributed by atoms with Crippen LogP contribution >= 0.6 is 0 Å². The molecule has 0 radical (unpaired) electrons. The molecule has 4 rings (SSSR count). The van der Waals surface area contributed by atoms with E-state index in [-0.39, 0.29) is 42.7 Å². The largest absolute Gasteiger partial charge is 0.510 e. The minimum atomic E-state index is -2.72. The lowest BCUT2D eigenvalue weighted by Gasteiger charge is -2.50.